The Morgan fingerprint density at radius 3 is 2.92 bits per heavy atom. The fourth-order valence-corrected chi connectivity index (χ4v) is 3.60. The van der Waals surface area contributed by atoms with E-state index < -0.39 is 4.87 Å². The van der Waals surface area contributed by atoms with E-state index in [9.17, 15) is 5.26 Å². The van der Waals surface area contributed by atoms with Crippen LogP contribution in [0.5, 0.6) is 0 Å². The third kappa shape index (κ3) is 2.55. The van der Waals surface area contributed by atoms with Gasteiger partial charge in [-0.1, -0.05) is 0 Å². The summed E-state index contributed by atoms with van der Waals surface area (Å²) in [4.78, 5) is 12.0. The van der Waals surface area contributed by atoms with Crippen molar-refractivity contribution < 1.29 is 4.74 Å². The van der Waals surface area contributed by atoms with Crippen LogP contribution in [0.2, 0.25) is 0 Å². The highest BCUT2D eigenvalue weighted by atomic mass is 32.1. The van der Waals surface area contributed by atoms with Gasteiger partial charge in [0.15, 0.2) is 0 Å². The van der Waals surface area contributed by atoms with E-state index >= 15 is 0 Å². The van der Waals surface area contributed by atoms with Crippen LogP contribution in [0.25, 0.3) is 5.57 Å². The molecule has 0 saturated heterocycles. The lowest BCUT2D eigenvalue weighted by Crippen LogP contribution is -2.13. The molecule has 4 rings (SSSR count). The lowest BCUT2D eigenvalue weighted by atomic mass is 9.96. The second-order valence-corrected chi connectivity index (χ2v) is 7.30. The Kier molecular flexibility index (Phi) is 3.54. The van der Waals surface area contributed by atoms with Gasteiger partial charge in [-0.05, 0) is 31.1 Å². The van der Waals surface area contributed by atoms with Gasteiger partial charge in [-0.3, -0.25) is 4.99 Å². The van der Waals surface area contributed by atoms with E-state index in [2.05, 4.69) is 33.7 Å². The maximum atomic E-state index is 9.59. The molecule has 3 heterocycles. The number of hydrogen-bond donors (Lipinski definition) is 1. The zero-order valence-electron chi connectivity index (χ0n) is 13.2. The van der Waals surface area contributed by atoms with Crippen LogP contribution in [0.15, 0.2) is 52.8 Å². The second-order valence-electron chi connectivity index (χ2n) is 6.39. The summed E-state index contributed by atoms with van der Waals surface area (Å²) in [5.41, 5.74) is 3.63. The molecular formula is C18H16N4OS. The topological polar surface area (TPSA) is 71.2 Å². The van der Waals surface area contributed by atoms with Crippen molar-refractivity contribution in [1.82, 2.24) is 9.97 Å². The zero-order valence-corrected chi connectivity index (χ0v) is 14.1. The normalized spacial score (nSPS) is 32.7. The van der Waals surface area contributed by atoms with Crippen molar-refractivity contribution in [3.63, 3.8) is 0 Å². The molecule has 0 N–H and O–H groups in total. The van der Waals surface area contributed by atoms with E-state index in [1.54, 1.807) is 12.4 Å². The Labute approximate surface area is 145 Å². The average Bonchev–Trinajstić information content (AvgIpc) is 3.06. The van der Waals surface area contributed by atoms with Gasteiger partial charge in [0.1, 0.15) is 23.1 Å². The third-order valence-corrected chi connectivity index (χ3v) is 4.92. The highest BCUT2D eigenvalue weighted by Gasteiger charge is 2.42. The van der Waals surface area contributed by atoms with Crippen LogP contribution in [0.4, 0.5) is 0 Å². The first-order valence-electron chi connectivity index (χ1n) is 7.82. The van der Waals surface area contributed by atoms with E-state index in [1.165, 1.54) is 6.33 Å². The maximum Gasteiger partial charge on any atom is 0.124 e. The monoisotopic (exact) mass is 336 g/mol. The molecule has 1 fully saturated rings. The van der Waals surface area contributed by atoms with Gasteiger partial charge in [0, 0.05) is 42.1 Å². The molecular weight excluding hydrogens is 320 g/mol. The van der Waals surface area contributed by atoms with Crippen LogP contribution < -0.4 is 0 Å². The van der Waals surface area contributed by atoms with Gasteiger partial charge in [-0.15, -0.1) is 12.6 Å². The number of nitrogens with zero attached hydrogens (tertiary/aromatic N) is 4. The molecule has 5 nitrogen and oxygen atoms in total. The predicted octanol–water partition coefficient (Wildman–Crippen LogP) is 3.10. The standard InChI is InChI=1S/C18H16N4OS/c1-18(24)3-2-16-15(9-22-18)13-4-11(5-17(13)23-16)14(6-19)12-7-20-10-21-8-12/h2-3,7-10,13,17,24H,4-5H2,1H3/b14-11-. The fraction of sp³-hybridized carbons (Fsp3) is 0.333. The number of aliphatic imine (C=N–C) groups is 1. The molecule has 3 unspecified atom stereocenters. The van der Waals surface area contributed by atoms with Gasteiger partial charge in [0.05, 0.1) is 11.6 Å². The Morgan fingerprint density at radius 2 is 2.17 bits per heavy atom. The number of rotatable bonds is 1. The zero-order chi connectivity index (χ0) is 16.7. The molecule has 3 aliphatic rings. The molecule has 120 valence electrons. The van der Waals surface area contributed by atoms with Crippen molar-refractivity contribution in [2.75, 3.05) is 0 Å². The molecule has 24 heavy (non-hydrogen) atoms. The third-order valence-electron chi connectivity index (χ3n) is 4.66. The van der Waals surface area contributed by atoms with Crippen LogP contribution in [0.1, 0.15) is 25.3 Å². The lowest BCUT2D eigenvalue weighted by Gasteiger charge is -2.14. The maximum absolute atomic E-state index is 9.59. The summed E-state index contributed by atoms with van der Waals surface area (Å²) in [6, 6.07) is 2.32. The SMILES string of the molecule is CC1(S)C=CC2=C(C=N1)C1C/C(=C(\C#N)c3cncnc3)CC1O2. The van der Waals surface area contributed by atoms with Crippen LogP contribution >= 0.6 is 12.6 Å². The summed E-state index contributed by atoms with van der Waals surface area (Å²) in [5.74, 6) is 1.12. The van der Waals surface area contributed by atoms with Crippen molar-refractivity contribution in [3.05, 3.63) is 53.3 Å². The molecule has 0 amide bonds. The van der Waals surface area contributed by atoms with E-state index in [0.717, 1.165) is 35.3 Å². The second kappa shape index (κ2) is 5.60. The number of nitriles is 1. The van der Waals surface area contributed by atoms with E-state index in [-0.39, 0.29) is 12.0 Å². The van der Waals surface area contributed by atoms with Gasteiger partial charge in [0.25, 0.3) is 0 Å². The number of aromatic nitrogens is 2. The molecule has 1 aliphatic carbocycles. The number of ether oxygens (including phenoxy) is 1. The van der Waals surface area contributed by atoms with Crippen LogP contribution in [-0.4, -0.2) is 27.2 Å². The Bertz CT molecular complexity index is 846. The van der Waals surface area contributed by atoms with E-state index in [1.807, 2.05) is 25.3 Å². The van der Waals surface area contributed by atoms with Crippen molar-refractivity contribution in [2.45, 2.75) is 30.7 Å². The summed E-state index contributed by atoms with van der Waals surface area (Å²) < 4.78 is 6.12. The minimum atomic E-state index is -0.514. The highest BCUT2D eigenvalue weighted by molar-refractivity contribution is 7.82. The van der Waals surface area contributed by atoms with Gasteiger partial charge >= 0.3 is 0 Å². The van der Waals surface area contributed by atoms with Crippen LogP contribution in [-0.2, 0) is 4.74 Å². The predicted molar refractivity (Wildman–Crippen MR) is 94.2 cm³/mol. The Morgan fingerprint density at radius 1 is 1.38 bits per heavy atom. The highest BCUT2D eigenvalue weighted by Crippen LogP contribution is 2.47. The number of thiol groups is 1. The summed E-state index contributed by atoms with van der Waals surface area (Å²) in [6.45, 7) is 1.94. The summed E-state index contributed by atoms with van der Waals surface area (Å²) in [7, 11) is 0. The van der Waals surface area contributed by atoms with Gasteiger partial charge in [-0.25, -0.2) is 9.97 Å². The Hall–Kier alpha value is -2.39. The molecule has 0 bridgehead atoms. The van der Waals surface area contributed by atoms with E-state index in [4.69, 9.17) is 4.74 Å². The van der Waals surface area contributed by atoms with Crippen molar-refractivity contribution in [2.24, 2.45) is 10.9 Å². The van der Waals surface area contributed by atoms with Crippen molar-refractivity contribution in [1.29, 1.82) is 5.26 Å². The molecule has 3 atom stereocenters. The average molecular weight is 336 g/mol. The molecule has 0 spiro atoms. The van der Waals surface area contributed by atoms with Gasteiger partial charge in [0.2, 0.25) is 0 Å². The molecule has 1 aromatic rings. The van der Waals surface area contributed by atoms with Crippen LogP contribution in [0.3, 0.4) is 0 Å². The first-order valence-corrected chi connectivity index (χ1v) is 8.27. The quantitative estimate of drug-likeness (QED) is 0.632. The number of fused-ring (bicyclic) bond motifs is 2. The van der Waals surface area contributed by atoms with Crippen molar-refractivity contribution in [3.8, 4) is 6.07 Å². The summed E-state index contributed by atoms with van der Waals surface area (Å²) in [5, 5.41) is 9.59. The summed E-state index contributed by atoms with van der Waals surface area (Å²) >= 11 is 4.51. The molecule has 2 aliphatic heterocycles. The minimum absolute atomic E-state index is 0.0679. The molecule has 0 radical (unpaired) electrons. The van der Waals surface area contributed by atoms with Crippen LogP contribution in [0, 0.1) is 17.2 Å². The first kappa shape index (κ1) is 15.2. The van der Waals surface area contributed by atoms with Gasteiger partial charge < -0.3 is 4.74 Å². The molecule has 1 aromatic heterocycles. The smallest absolute Gasteiger partial charge is 0.124 e. The number of hydrogen-bond acceptors (Lipinski definition) is 6. The van der Waals surface area contributed by atoms with Gasteiger partial charge in [-0.2, -0.15) is 5.26 Å². The Balaban J connectivity index is 1.67. The van der Waals surface area contributed by atoms with Crippen molar-refractivity contribution >= 4 is 24.4 Å². The minimum Gasteiger partial charge on any atom is -0.489 e. The molecule has 0 aromatic carbocycles. The summed E-state index contributed by atoms with van der Waals surface area (Å²) in [6.07, 6.45) is 12.2. The first-order chi connectivity index (χ1) is 11.6. The number of allylic oxidation sites excluding steroid dienone is 2. The molecule has 1 saturated carbocycles. The fourth-order valence-electron chi connectivity index (χ4n) is 3.46. The molecule has 6 heteroatoms. The lowest BCUT2D eigenvalue weighted by molar-refractivity contribution is 0.138. The van der Waals surface area contributed by atoms with E-state index in [0.29, 0.717) is 5.57 Å². The largest absolute Gasteiger partial charge is 0.489 e.